The Morgan fingerprint density at radius 1 is 1.50 bits per heavy atom. The second-order valence-electron chi connectivity index (χ2n) is 3.86. The van der Waals surface area contributed by atoms with Gasteiger partial charge in [-0.1, -0.05) is 11.6 Å². The summed E-state index contributed by atoms with van der Waals surface area (Å²) in [4.78, 5) is 10.7. The van der Waals surface area contributed by atoms with E-state index in [1.165, 1.54) is 25.1 Å². The fourth-order valence-corrected chi connectivity index (χ4v) is 1.72. The molecule has 0 bridgehead atoms. The predicted molar refractivity (Wildman–Crippen MR) is 62.2 cm³/mol. The van der Waals surface area contributed by atoms with E-state index in [0.29, 0.717) is 5.69 Å². The van der Waals surface area contributed by atoms with E-state index in [2.05, 4.69) is 5.32 Å². The Labute approximate surface area is 107 Å². The minimum atomic E-state index is -4.25. The molecule has 2 N–H and O–H groups in total. The number of alkyl halides is 3. The van der Waals surface area contributed by atoms with E-state index in [1.54, 1.807) is 0 Å². The summed E-state index contributed by atoms with van der Waals surface area (Å²) in [7, 11) is 0. The van der Waals surface area contributed by atoms with Crippen LogP contribution in [-0.2, 0) is 0 Å². The Morgan fingerprint density at radius 2 is 2.11 bits per heavy atom. The maximum absolute atomic E-state index is 12.1. The molecular weight excluding hydrogens is 271 g/mol. The average molecular weight is 282 g/mol. The van der Waals surface area contributed by atoms with Crippen molar-refractivity contribution in [2.45, 2.75) is 25.6 Å². The number of aromatic carboxylic acids is 1. The maximum atomic E-state index is 12.1. The van der Waals surface area contributed by atoms with E-state index in [-0.39, 0.29) is 10.6 Å². The quantitative estimate of drug-likeness (QED) is 0.883. The second kappa shape index (κ2) is 5.48. The summed E-state index contributed by atoms with van der Waals surface area (Å²) in [5.41, 5.74) is 0.257. The third-order valence-corrected chi connectivity index (χ3v) is 2.46. The van der Waals surface area contributed by atoms with Gasteiger partial charge in [-0.05, 0) is 25.1 Å². The summed E-state index contributed by atoms with van der Waals surface area (Å²) >= 11 is 5.70. The van der Waals surface area contributed by atoms with Crippen LogP contribution in [0.4, 0.5) is 18.9 Å². The Hall–Kier alpha value is -1.43. The van der Waals surface area contributed by atoms with Crippen LogP contribution in [0.15, 0.2) is 18.2 Å². The molecule has 0 saturated carbocycles. The fourth-order valence-electron chi connectivity index (χ4n) is 1.46. The van der Waals surface area contributed by atoms with Gasteiger partial charge in [-0.15, -0.1) is 0 Å². The number of carboxylic acid groups (broad SMARTS) is 1. The van der Waals surface area contributed by atoms with Crippen molar-refractivity contribution >= 4 is 23.3 Å². The number of hydrogen-bond acceptors (Lipinski definition) is 2. The molecule has 0 aliphatic rings. The number of hydrogen-bond donors (Lipinski definition) is 2. The number of anilines is 1. The molecule has 0 saturated heterocycles. The first-order chi connectivity index (χ1) is 8.19. The van der Waals surface area contributed by atoms with Gasteiger partial charge in [0.25, 0.3) is 0 Å². The Kier molecular flexibility index (Phi) is 4.45. The van der Waals surface area contributed by atoms with Crippen LogP contribution in [0.5, 0.6) is 0 Å². The maximum Gasteiger partial charge on any atom is 0.391 e. The van der Waals surface area contributed by atoms with Crippen molar-refractivity contribution in [3.8, 4) is 0 Å². The van der Waals surface area contributed by atoms with Crippen LogP contribution < -0.4 is 5.32 Å². The van der Waals surface area contributed by atoms with Gasteiger partial charge in [0.05, 0.1) is 17.0 Å². The lowest BCUT2D eigenvalue weighted by molar-refractivity contribution is -0.136. The van der Waals surface area contributed by atoms with Crippen LogP contribution in [0.3, 0.4) is 0 Å². The van der Waals surface area contributed by atoms with Crippen molar-refractivity contribution in [2.24, 2.45) is 0 Å². The van der Waals surface area contributed by atoms with Crippen molar-refractivity contribution in [3.63, 3.8) is 0 Å². The summed E-state index contributed by atoms with van der Waals surface area (Å²) in [6.45, 7) is 1.38. The monoisotopic (exact) mass is 281 g/mol. The molecule has 0 heterocycles. The highest BCUT2D eigenvalue weighted by molar-refractivity contribution is 6.33. The van der Waals surface area contributed by atoms with Crippen molar-refractivity contribution in [1.82, 2.24) is 0 Å². The van der Waals surface area contributed by atoms with Crippen molar-refractivity contribution in [2.75, 3.05) is 5.32 Å². The van der Waals surface area contributed by atoms with Crippen LogP contribution in [0.25, 0.3) is 0 Å². The van der Waals surface area contributed by atoms with Crippen molar-refractivity contribution in [3.05, 3.63) is 28.8 Å². The van der Waals surface area contributed by atoms with E-state index >= 15 is 0 Å². The van der Waals surface area contributed by atoms with Crippen LogP contribution >= 0.6 is 11.6 Å². The number of nitrogens with one attached hydrogen (secondary N) is 1. The standard InChI is InChI=1S/C11H11ClF3NO2/c1-6(5-11(13,14)15)16-7-2-3-8(10(17)18)9(12)4-7/h2-4,6,16H,5H2,1H3,(H,17,18). The number of halogens is 4. The molecule has 0 aromatic heterocycles. The molecular formula is C11H11ClF3NO2. The summed E-state index contributed by atoms with van der Waals surface area (Å²) in [6.07, 6.45) is -5.23. The summed E-state index contributed by atoms with van der Waals surface area (Å²) in [5, 5.41) is 11.3. The summed E-state index contributed by atoms with van der Waals surface area (Å²) in [6, 6.07) is 3.09. The normalized spacial score (nSPS) is 13.2. The van der Waals surface area contributed by atoms with Crippen molar-refractivity contribution < 1.29 is 23.1 Å². The third-order valence-electron chi connectivity index (χ3n) is 2.15. The zero-order chi connectivity index (χ0) is 13.9. The zero-order valence-electron chi connectivity index (χ0n) is 9.38. The Balaban J connectivity index is 2.75. The molecule has 1 aromatic carbocycles. The highest BCUT2D eigenvalue weighted by atomic mass is 35.5. The summed E-state index contributed by atoms with van der Waals surface area (Å²) < 4.78 is 36.3. The first-order valence-electron chi connectivity index (χ1n) is 5.05. The molecule has 100 valence electrons. The molecule has 18 heavy (non-hydrogen) atoms. The van der Waals surface area contributed by atoms with Crippen LogP contribution in [-0.4, -0.2) is 23.3 Å². The highest BCUT2D eigenvalue weighted by Crippen LogP contribution is 2.25. The van der Waals surface area contributed by atoms with Gasteiger partial charge < -0.3 is 10.4 Å². The van der Waals surface area contributed by atoms with E-state index in [9.17, 15) is 18.0 Å². The molecule has 0 spiro atoms. The van der Waals surface area contributed by atoms with Crippen LogP contribution in [0, 0.1) is 0 Å². The number of rotatable bonds is 4. The van der Waals surface area contributed by atoms with E-state index < -0.39 is 24.6 Å². The molecule has 0 amide bonds. The topological polar surface area (TPSA) is 49.3 Å². The lowest BCUT2D eigenvalue weighted by Crippen LogP contribution is -2.23. The number of carboxylic acids is 1. The van der Waals surface area contributed by atoms with Gasteiger partial charge in [-0.3, -0.25) is 0 Å². The average Bonchev–Trinajstić information content (AvgIpc) is 2.13. The molecule has 0 fully saturated rings. The van der Waals surface area contributed by atoms with Gasteiger partial charge in [0.1, 0.15) is 0 Å². The Morgan fingerprint density at radius 3 is 2.56 bits per heavy atom. The second-order valence-corrected chi connectivity index (χ2v) is 4.27. The smallest absolute Gasteiger partial charge is 0.391 e. The largest absolute Gasteiger partial charge is 0.478 e. The SMILES string of the molecule is CC(CC(F)(F)F)Nc1ccc(C(=O)O)c(Cl)c1. The molecule has 1 aromatic rings. The molecule has 1 rings (SSSR count). The lowest BCUT2D eigenvalue weighted by atomic mass is 10.1. The first kappa shape index (κ1) is 14.6. The minimum absolute atomic E-state index is 0.0216. The Bertz CT molecular complexity index is 448. The molecule has 7 heteroatoms. The molecule has 1 unspecified atom stereocenters. The summed E-state index contributed by atoms with van der Waals surface area (Å²) in [5.74, 6) is -1.19. The predicted octanol–water partition coefficient (Wildman–Crippen LogP) is 3.79. The van der Waals surface area contributed by atoms with Gasteiger partial charge in [0.2, 0.25) is 0 Å². The van der Waals surface area contributed by atoms with Crippen molar-refractivity contribution in [1.29, 1.82) is 0 Å². The molecule has 0 aliphatic heterocycles. The van der Waals surface area contributed by atoms with E-state index in [4.69, 9.17) is 16.7 Å². The molecule has 3 nitrogen and oxygen atoms in total. The number of carbonyl (C=O) groups is 1. The van der Waals surface area contributed by atoms with Gasteiger partial charge >= 0.3 is 12.1 Å². The third kappa shape index (κ3) is 4.44. The fraction of sp³-hybridized carbons (Fsp3) is 0.364. The van der Waals surface area contributed by atoms with Crippen LogP contribution in [0.1, 0.15) is 23.7 Å². The molecule has 0 radical (unpaired) electrons. The van der Waals surface area contributed by atoms with E-state index in [0.717, 1.165) is 0 Å². The van der Waals surface area contributed by atoms with Crippen LogP contribution in [0.2, 0.25) is 5.02 Å². The zero-order valence-corrected chi connectivity index (χ0v) is 10.1. The van der Waals surface area contributed by atoms with Gasteiger partial charge in [-0.2, -0.15) is 13.2 Å². The first-order valence-corrected chi connectivity index (χ1v) is 5.43. The highest BCUT2D eigenvalue weighted by Gasteiger charge is 2.29. The molecule has 0 aliphatic carbocycles. The lowest BCUT2D eigenvalue weighted by Gasteiger charge is -2.17. The molecule has 1 atom stereocenters. The minimum Gasteiger partial charge on any atom is -0.478 e. The van der Waals surface area contributed by atoms with Gasteiger partial charge in [0.15, 0.2) is 0 Å². The van der Waals surface area contributed by atoms with E-state index in [1.807, 2.05) is 0 Å². The van der Waals surface area contributed by atoms with Gasteiger partial charge in [-0.25, -0.2) is 4.79 Å². The number of benzene rings is 1. The van der Waals surface area contributed by atoms with Gasteiger partial charge in [0, 0.05) is 11.7 Å².